The first-order valence-electron chi connectivity index (χ1n) is 7.32. The summed E-state index contributed by atoms with van der Waals surface area (Å²) >= 11 is 5.97. The number of halogens is 1. The molecule has 1 heterocycles. The second-order valence-electron chi connectivity index (χ2n) is 5.47. The lowest BCUT2D eigenvalue weighted by Crippen LogP contribution is -2.34. The Hall–Kier alpha value is -1.81. The standard InChI is InChI=1S/C16H19ClN4/c17-16-19-10-14(18)15(20-16)21(13-8-4-5-9-13)11-12-6-2-1-3-7-12/h1-3,6-7,10,13H,4-5,8-9,11,18H2. The monoisotopic (exact) mass is 302 g/mol. The van der Waals surface area contributed by atoms with E-state index >= 15 is 0 Å². The van der Waals surface area contributed by atoms with Gasteiger partial charge < -0.3 is 10.6 Å². The lowest BCUT2D eigenvalue weighted by Gasteiger charge is -2.31. The topological polar surface area (TPSA) is 55.0 Å². The maximum Gasteiger partial charge on any atom is 0.224 e. The summed E-state index contributed by atoms with van der Waals surface area (Å²) < 4.78 is 0. The van der Waals surface area contributed by atoms with Gasteiger partial charge in [0.25, 0.3) is 0 Å². The minimum atomic E-state index is 0.246. The third kappa shape index (κ3) is 3.27. The molecule has 4 nitrogen and oxygen atoms in total. The summed E-state index contributed by atoms with van der Waals surface area (Å²) in [7, 11) is 0. The number of nitrogens with zero attached hydrogens (tertiary/aromatic N) is 3. The maximum absolute atomic E-state index is 6.09. The van der Waals surface area contributed by atoms with Gasteiger partial charge in [0, 0.05) is 12.6 Å². The van der Waals surface area contributed by atoms with Crippen molar-refractivity contribution in [3.8, 4) is 0 Å². The highest BCUT2D eigenvalue weighted by Gasteiger charge is 2.25. The van der Waals surface area contributed by atoms with E-state index in [4.69, 9.17) is 17.3 Å². The molecular formula is C16H19ClN4. The molecule has 1 aliphatic rings. The van der Waals surface area contributed by atoms with Crippen molar-refractivity contribution in [2.75, 3.05) is 10.6 Å². The van der Waals surface area contributed by atoms with Gasteiger partial charge in [0.1, 0.15) is 0 Å². The van der Waals surface area contributed by atoms with Crippen LogP contribution in [-0.4, -0.2) is 16.0 Å². The van der Waals surface area contributed by atoms with E-state index < -0.39 is 0 Å². The van der Waals surface area contributed by atoms with Gasteiger partial charge in [0.15, 0.2) is 5.82 Å². The van der Waals surface area contributed by atoms with Gasteiger partial charge in [-0.2, -0.15) is 4.98 Å². The van der Waals surface area contributed by atoms with Crippen molar-refractivity contribution in [1.82, 2.24) is 9.97 Å². The van der Waals surface area contributed by atoms with E-state index in [2.05, 4.69) is 39.1 Å². The molecule has 0 atom stereocenters. The summed E-state index contributed by atoms with van der Waals surface area (Å²) in [6.07, 6.45) is 6.46. The number of hydrogen-bond acceptors (Lipinski definition) is 4. The Labute approximate surface area is 130 Å². The van der Waals surface area contributed by atoms with Crippen molar-refractivity contribution in [3.63, 3.8) is 0 Å². The van der Waals surface area contributed by atoms with E-state index in [1.54, 1.807) is 6.20 Å². The molecule has 2 N–H and O–H groups in total. The molecule has 21 heavy (non-hydrogen) atoms. The van der Waals surface area contributed by atoms with Crippen LogP contribution in [0.2, 0.25) is 5.28 Å². The van der Waals surface area contributed by atoms with Crippen LogP contribution < -0.4 is 10.6 Å². The predicted octanol–water partition coefficient (Wildman–Crippen LogP) is 3.66. The van der Waals surface area contributed by atoms with Crippen LogP contribution in [-0.2, 0) is 6.54 Å². The number of nitrogen functional groups attached to an aromatic ring is 1. The van der Waals surface area contributed by atoms with Crippen molar-refractivity contribution in [2.24, 2.45) is 0 Å². The summed E-state index contributed by atoms with van der Waals surface area (Å²) in [4.78, 5) is 10.6. The second kappa shape index (κ2) is 6.31. The zero-order chi connectivity index (χ0) is 14.7. The number of hydrogen-bond donors (Lipinski definition) is 1. The Kier molecular flexibility index (Phi) is 4.25. The number of rotatable bonds is 4. The lowest BCUT2D eigenvalue weighted by atomic mass is 10.1. The minimum Gasteiger partial charge on any atom is -0.394 e. The zero-order valence-electron chi connectivity index (χ0n) is 11.9. The van der Waals surface area contributed by atoms with E-state index in [-0.39, 0.29) is 5.28 Å². The maximum atomic E-state index is 6.09. The first kappa shape index (κ1) is 14.1. The molecule has 0 saturated heterocycles. The Morgan fingerprint density at radius 3 is 2.62 bits per heavy atom. The van der Waals surface area contributed by atoms with E-state index in [9.17, 15) is 0 Å². The highest BCUT2D eigenvalue weighted by molar-refractivity contribution is 6.28. The molecular weight excluding hydrogens is 284 g/mol. The Morgan fingerprint density at radius 2 is 1.90 bits per heavy atom. The first-order valence-corrected chi connectivity index (χ1v) is 7.70. The molecule has 0 bridgehead atoms. The smallest absolute Gasteiger partial charge is 0.224 e. The molecule has 110 valence electrons. The molecule has 0 spiro atoms. The fourth-order valence-corrected chi connectivity index (χ4v) is 3.09. The Balaban J connectivity index is 1.93. The van der Waals surface area contributed by atoms with Crippen LogP contribution in [0.5, 0.6) is 0 Å². The molecule has 1 saturated carbocycles. The van der Waals surface area contributed by atoms with Crippen molar-refractivity contribution >= 4 is 23.1 Å². The minimum absolute atomic E-state index is 0.246. The zero-order valence-corrected chi connectivity index (χ0v) is 12.6. The van der Waals surface area contributed by atoms with Gasteiger partial charge in [-0.05, 0) is 30.0 Å². The summed E-state index contributed by atoms with van der Waals surface area (Å²) in [6.45, 7) is 0.795. The molecule has 3 rings (SSSR count). The molecule has 1 aliphatic carbocycles. The molecule has 1 aromatic heterocycles. The van der Waals surface area contributed by atoms with Crippen LogP contribution in [0.3, 0.4) is 0 Å². The van der Waals surface area contributed by atoms with Crippen molar-refractivity contribution in [1.29, 1.82) is 0 Å². The van der Waals surface area contributed by atoms with Gasteiger partial charge in [-0.15, -0.1) is 0 Å². The SMILES string of the molecule is Nc1cnc(Cl)nc1N(Cc1ccccc1)C1CCCC1. The van der Waals surface area contributed by atoms with Gasteiger partial charge in [-0.25, -0.2) is 4.98 Å². The van der Waals surface area contributed by atoms with E-state index in [1.807, 2.05) is 6.07 Å². The average molecular weight is 303 g/mol. The number of nitrogens with two attached hydrogens (primary N) is 1. The fraction of sp³-hybridized carbons (Fsp3) is 0.375. The van der Waals surface area contributed by atoms with Gasteiger partial charge in [0.2, 0.25) is 5.28 Å². The lowest BCUT2D eigenvalue weighted by molar-refractivity contribution is 0.598. The van der Waals surface area contributed by atoms with E-state index in [0.29, 0.717) is 11.7 Å². The highest BCUT2D eigenvalue weighted by Crippen LogP contribution is 2.32. The largest absolute Gasteiger partial charge is 0.394 e. The molecule has 1 fully saturated rings. The summed E-state index contributed by atoms with van der Waals surface area (Å²) in [5, 5.41) is 0.246. The summed E-state index contributed by atoms with van der Waals surface area (Å²) in [5.41, 5.74) is 7.92. The van der Waals surface area contributed by atoms with Gasteiger partial charge in [-0.1, -0.05) is 43.2 Å². The third-order valence-corrected chi connectivity index (χ3v) is 4.18. The first-order chi connectivity index (χ1) is 10.2. The van der Waals surface area contributed by atoms with Crippen LogP contribution in [0.1, 0.15) is 31.2 Å². The van der Waals surface area contributed by atoms with Crippen molar-refractivity contribution in [3.05, 3.63) is 47.4 Å². The molecule has 0 unspecified atom stereocenters. The van der Waals surface area contributed by atoms with Crippen LogP contribution in [0, 0.1) is 0 Å². The predicted molar refractivity (Wildman–Crippen MR) is 86.3 cm³/mol. The molecule has 2 aromatic rings. The highest BCUT2D eigenvalue weighted by atomic mass is 35.5. The quantitative estimate of drug-likeness (QED) is 0.876. The van der Waals surface area contributed by atoms with Crippen LogP contribution in [0.4, 0.5) is 11.5 Å². The van der Waals surface area contributed by atoms with Gasteiger partial charge in [-0.3, -0.25) is 0 Å². The Morgan fingerprint density at radius 1 is 1.19 bits per heavy atom. The number of anilines is 2. The molecule has 0 amide bonds. The molecule has 0 radical (unpaired) electrons. The van der Waals surface area contributed by atoms with E-state index in [0.717, 1.165) is 12.4 Å². The normalized spacial score (nSPS) is 15.3. The average Bonchev–Trinajstić information content (AvgIpc) is 3.03. The molecule has 5 heteroatoms. The van der Waals surface area contributed by atoms with Crippen molar-refractivity contribution < 1.29 is 0 Å². The Bertz CT molecular complexity index is 596. The van der Waals surface area contributed by atoms with Crippen LogP contribution >= 0.6 is 11.6 Å². The summed E-state index contributed by atoms with van der Waals surface area (Å²) in [6, 6.07) is 10.9. The van der Waals surface area contributed by atoms with Gasteiger partial charge in [0.05, 0.1) is 11.9 Å². The number of aromatic nitrogens is 2. The fourth-order valence-electron chi connectivity index (χ4n) is 2.96. The number of benzene rings is 1. The third-order valence-electron chi connectivity index (χ3n) is 4.00. The summed E-state index contributed by atoms with van der Waals surface area (Å²) in [5.74, 6) is 0.755. The molecule has 1 aromatic carbocycles. The van der Waals surface area contributed by atoms with Crippen LogP contribution in [0.25, 0.3) is 0 Å². The van der Waals surface area contributed by atoms with Crippen molar-refractivity contribution in [2.45, 2.75) is 38.3 Å². The van der Waals surface area contributed by atoms with E-state index in [1.165, 1.54) is 31.2 Å². The van der Waals surface area contributed by atoms with Crippen LogP contribution in [0.15, 0.2) is 36.5 Å². The second-order valence-corrected chi connectivity index (χ2v) is 5.81. The molecule has 0 aliphatic heterocycles. The van der Waals surface area contributed by atoms with Gasteiger partial charge >= 0.3 is 0 Å².